The summed E-state index contributed by atoms with van der Waals surface area (Å²) in [4.78, 5) is 10.6. The third kappa shape index (κ3) is 2.77. The summed E-state index contributed by atoms with van der Waals surface area (Å²) in [5.41, 5.74) is 0.820. The number of hydrogen-bond acceptors (Lipinski definition) is 5. The number of halogens is 1. The molecule has 2 atom stereocenters. The zero-order valence-corrected chi connectivity index (χ0v) is 11.8. The fraction of sp³-hybridized carbons (Fsp3) is 0.636. The monoisotopic (exact) mass is 272 g/mol. The van der Waals surface area contributed by atoms with Gasteiger partial charge < -0.3 is 10.2 Å². The van der Waals surface area contributed by atoms with E-state index in [1.165, 1.54) is 6.33 Å². The Labute approximate surface area is 111 Å². The lowest BCUT2D eigenvalue weighted by atomic mass is 10.3. The molecule has 2 rings (SSSR count). The Kier molecular flexibility index (Phi) is 3.99. The SMILES string of the molecule is CNc1c(Cl)ncnc1N1CC(C)SC(C)C1. The zero-order valence-electron chi connectivity index (χ0n) is 10.3. The second-order valence-electron chi connectivity index (χ2n) is 4.28. The number of anilines is 2. The maximum atomic E-state index is 6.08. The molecular formula is C11H17ClN4S. The Morgan fingerprint density at radius 1 is 1.35 bits per heavy atom. The van der Waals surface area contributed by atoms with Crippen LogP contribution in [0.25, 0.3) is 0 Å². The predicted molar refractivity (Wildman–Crippen MR) is 75.3 cm³/mol. The second-order valence-corrected chi connectivity index (χ2v) is 6.52. The summed E-state index contributed by atoms with van der Waals surface area (Å²) in [7, 11) is 1.85. The van der Waals surface area contributed by atoms with E-state index >= 15 is 0 Å². The lowest BCUT2D eigenvalue weighted by molar-refractivity contribution is 0.718. The minimum absolute atomic E-state index is 0.482. The van der Waals surface area contributed by atoms with E-state index in [1.54, 1.807) is 0 Å². The van der Waals surface area contributed by atoms with Crippen molar-refractivity contribution >= 4 is 34.9 Å². The topological polar surface area (TPSA) is 41.1 Å². The van der Waals surface area contributed by atoms with Gasteiger partial charge in [-0.15, -0.1) is 0 Å². The number of nitrogens with zero attached hydrogens (tertiary/aromatic N) is 3. The molecule has 2 unspecified atom stereocenters. The summed E-state index contributed by atoms with van der Waals surface area (Å²) < 4.78 is 0. The van der Waals surface area contributed by atoms with Gasteiger partial charge in [0, 0.05) is 30.6 Å². The summed E-state index contributed by atoms with van der Waals surface area (Å²) in [6, 6.07) is 0. The Morgan fingerprint density at radius 3 is 2.59 bits per heavy atom. The molecule has 6 heteroatoms. The van der Waals surface area contributed by atoms with Crippen LogP contribution in [-0.4, -0.2) is 40.6 Å². The minimum Gasteiger partial charge on any atom is -0.383 e. The van der Waals surface area contributed by atoms with Gasteiger partial charge in [-0.25, -0.2) is 9.97 Å². The Bertz CT molecular complexity index is 391. The molecular weight excluding hydrogens is 256 g/mol. The highest BCUT2D eigenvalue weighted by Crippen LogP contribution is 2.33. The lowest BCUT2D eigenvalue weighted by Crippen LogP contribution is -2.41. The van der Waals surface area contributed by atoms with Crippen LogP contribution in [0.3, 0.4) is 0 Å². The molecule has 2 heterocycles. The number of nitrogens with one attached hydrogen (secondary N) is 1. The Balaban J connectivity index is 2.30. The van der Waals surface area contributed by atoms with Crippen molar-refractivity contribution in [1.82, 2.24) is 9.97 Å². The average molecular weight is 273 g/mol. The standard InChI is InChI=1S/C11H17ClN4S/c1-7-4-16(5-8(2)17-7)11-9(13-3)10(12)14-6-15-11/h6-8,13H,4-5H2,1-3H3. The van der Waals surface area contributed by atoms with Crippen molar-refractivity contribution in [3.63, 3.8) is 0 Å². The van der Waals surface area contributed by atoms with E-state index in [4.69, 9.17) is 11.6 Å². The van der Waals surface area contributed by atoms with Crippen molar-refractivity contribution in [1.29, 1.82) is 0 Å². The zero-order chi connectivity index (χ0) is 12.4. The van der Waals surface area contributed by atoms with Crippen LogP contribution in [0.4, 0.5) is 11.5 Å². The molecule has 1 aromatic rings. The maximum absolute atomic E-state index is 6.08. The third-order valence-corrected chi connectivity index (χ3v) is 4.26. The van der Waals surface area contributed by atoms with E-state index in [2.05, 4.69) is 34.0 Å². The highest BCUT2D eigenvalue weighted by Gasteiger charge is 2.25. The predicted octanol–water partition coefficient (Wildman–Crippen LogP) is 2.50. The first-order valence-electron chi connectivity index (χ1n) is 5.70. The van der Waals surface area contributed by atoms with Crippen molar-refractivity contribution in [2.24, 2.45) is 0 Å². The molecule has 0 saturated carbocycles. The van der Waals surface area contributed by atoms with E-state index in [1.807, 2.05) is 18.8 Å². The van der Waals surface area contributed by atoms with Gasteiger partial charge in [0.2, 0.25) is 0 Å². The van der Waals surface area contributed by atoms with Crippen LogP contribution < -0.4 is 10.2 Å². The Hall–Kier alpha value is -0.680. The van der Waals surface area contributed by atoms with Crippen LogP contribution >= 0.6 is 23.4 Å². The van der Waals surface area contributed by atoms with Gasteiger partial charge in [-0.3, -0.25) is 0 Å². The van der Waals surface area contributed by atoms with E-state index < -0.39 is 0 Å². The molecule has 1 saturated heterocycles. The summed E-state index contributed by atoms with van der Waals surface area (Å²) in [6.45, 7) is 6.48. The molecule has 94 valence electrons. The van der Waals surface area contributed by atoms with Gasteiger partial charge in [0.25, 0.3) is 0 Å². The molecule has 17 heavy (non-hydrogen) atoms. The minimum atomic E-state index is 0.482. The molecule has 0 bridgehead atoms. The molecule has 1 aliphatic heterocycles. The normalized spacial score (nSPS) is 24.8. The fourth-order valence-electron chi connectivity index (χ4n) is 2.16. The van der Waals surface area contributed by atoms with Crippen LogP contribution in [-0.2, 0) is 0 Å². The molecule has 0 radical (unpaired) electrons. The molecule has 1 aliphatic rings. The number of thioether (sulfide) groups is 1. The summed E-state index contributed by atoms with van der Waals surface area (Å²) in [6.07, 6.45) is 1.52. The van der Waals surface area contributed by atoms with Gasteiger partial charge in [0.1, 0.15) is 12.0 Å². The van der Waals surface area contributed by atoms with Crippen molar-refractivity contribution in [2.75, 3.05) is 30.4 Å². The molecule has 0 aliphatic carbocycles. The highest BCUT2D eigenvalue weighted by molar-refractivity contribution is 8.00. The highest BCUT2D eigenvalue weighted by atomic mass is 35.5. The van der Waals surface area contributed by atoms with Gasteiger partial charge in [0.15, 0.2) is 11.0 Å². The molecule has 1 aromatic heterocycles. The van der Waals surface area contributed by atoms with E-state index in [-0.39, 0.29) is 0 Å². The average Bonchev–Trinajstić information content (AvgIpc) is 2.27. The quantitative estimate of drug-likeness (QED) is 0.838. The van der Waals surface area contributed by atoms with Crippen LogP contribution in [0, 0.1) is 0 Å². The fourth-order valence-corrected chi connectivity index (χ4v) is 3.71. The van der Waals surface area contributed by atoms with Crippen molar-refractivity contribution < 1.29 is 0 Å². The number of hydrogen-bond donors (Lipinski definition) is 1. The molecule has 0 spiro atoms. The van der Waals surface area contributed by atoms with Crippen molar-refractivity contribution in [3.05, 3.63) is 11.5 Å². The molecule has 4 nitrogen and oxygen atoms in total. The van der Waals surface area contributed by atoms with Crippen LogP contribution in [0.15, 0.2) is 6.33 Å². The number of aromatic nitrogens is 2. The lowest BCUT2D eigenvalue weighted by Gasteiger charge is -2.36. The van der Waals surface area contributed by atoms with E-state index in [0.29, 0.717) is 15.7 Å². The smallest absolute Gasteiger partial charge is 0.157 e. The first kappa shape index (κ1) is 12.8. The number of rotatable bonds is 2. The summed E-state index contributed by atoms with van der Waals surface area (Å²) in [5.74, 6) is 0.909. The third-order valence-electron chi connectivity index (χ3n) is 2.75. The molecule has 0 aromatic carbocycles. The second kappa shape index (κ2) is 5.31. The van der Waals surface area contributed by atoms with Gasteiger partial charge in [-0.05, 0) is 0 Å². The van der Waals surface area contributed by atoms with Crippen LogP contribution in [0.2, 0.25) is 5.15 Å². The first-order valence-corrected chi connectivity index (χ1v) is 7.02. The summed E-state index contributed by atoms with van der Waals surface area (Å²) >= 11 is 8.09. The Morgan fingerprint density at radius 2 is 2.00 bits per heavy atom. The van der Waals surface area contributed by atoms with Crippen molar-refractivity contribution in [3.8, 4) is 0 Å². The van der Waals surface area contributed by atoms with Crippen LogP contribution in [0.1, 0.15) is 13.8 Å². The van der Waals surface area contributed by atoms with Gasteiger partial charge in [-0.2, -0.15) is 11.8 Å². The van der Waals surface area contributed by atoms with Crippen molar-refractivity contribution in [2.45, 2.75) is 24.3 Å². The first-order chi connectivity index (χ1) is 8.11. The molecule has 1 fully saturated rings. The van der Waals surface area contributed by atoms with Crippen LogP contribution in [0.5, 0.6) is 0 Å². The summed E-state index contributed by atoms with van der Waals surface area (Å²) in [5, 5.41) is 4.78. The largest absolute Gasteiger partial charge is 0.383 e. The maximum Gasteiger partial charge on any atom is 0.157 e. The van der Waals surface area contributed by atoms with Gasteiger partial charge in [0.05, 0.1) is 0 Å². The van der Waals surface area contributed by atoms with Gasteiger partial charge >= 0.3 is 0 Å². The molecule has 1 N–H and O–H groups in total. The van der Waals surface area contributed by atoms with E-state index in [9.17, 15) is 0 Å². The van der Waals surface area contributed by atoms with E-state index in [0.717, 1.165) is 24.6 Å². The van der Waals surface area contributed by atoms with Gasteiger partial charge in [-0.1, -0.05) is 25.4 Å². The molecule has 0 amide bonds.